The van der Waals surface area contributed by atoms with E-state index in [-0.39, 0.29) is 0 Å². The van der Waals surface area contributed by atoms with E-state index in [1.54, 1.807) is 0 Å². The summed E-state index contributed by atoms with van der Waals surface area (Å²) in [4.78, 5) is 15.9. The van der Waals surface area contributed by atoms with Crippen LogP contribution in [0.2, 0.25) is 0 Å². The van der Waals surface area contributed by atoms with Gasteiger partial charge < -0.3 is 27.0 Å². The smallest absolute Gasteiger partial charge is 0.164 e. The molecule has 0 saturated heterocycles. The summed E-state index contributed by atoms with van der Waals surface area (Å²) in [6.45, 7) is 0. The van der Waals surface area contributed by atoms with Crippen LogP contribution in [0.3, 0.4) is 0 Å². The van der Waals surface area contributed by atoms with Crippen LogP contribution in [-0.2, 0) is 0 Å². The van der Waals surface area contributed by atoms with Gasteiger partial charge in [0.2, 0.25) is 0 Å². The highest BCUT2D eigenvalue weighted by molar-refractivity contribution is 6.30. The largest absolute Gasteiger partial charge is 0.456 e. The Morgan fingerprint density at radius 2 is 0.464 bits per heavy atom. The zero-order valence-corrected chi connectivity index (χ0v) is 44.7. The summed E-state index contributed by atoms with van der Waals surface area (Å²) in [5.41, 5.74) is 17.6. The Balaban J connectivity index is 0.758. The Kier molecular flexibility index (Phi) is 9.15. The molecular formula is C75H42N6O3. The van der Waals surface area contributed by atoms with E-state index < -0.39 is 0 Å². The number of benzene rings is 12. The molecule has 19 rings (SSSR count). The van der Waals surface area contributed by atoms with Crippen molar-refractivity contribution < 1.29 is 13.3 Å². The molecular weight excluding hydrogens is 1030 g/mol. The number of rotatable bonds is 6. The molecule has 7 aromatic heterocycles. The second kappa shape index (κ2) is 17.0. The van der Waals surface area contributed by atoms with Gasteiger partial charge in [-0.3, -0.25) is 0 Å². The average Bonchev–Trinajstić information content (AvgIpc) is 4.27. The van der Waals surface area contributed by atoms with Crippen LogP contribution < -0.4 is 0 Å². The van der Waals surface area contributed by atoms with Crippen LogP contribution in [0.25, 0.3) is 182 Å². The summed E-state index contributed by atoms with van der Waals surface area (Å²) < 4.78 is 26.2. The Morgan fingerprint density at radius 3 is 0.762 bits per heavy atom. The van der Waals surface area contributed by atoms with E-state index in [0.717, 1.165) is 133 Å². The highest BCUT2D eigenvalue weighted by Crippen LogP contribution is 2.45. The van der Waals surface area contributed by atoms with Crippen LogP contribution in [-0.4, -0.2) is 28.7 Å². The van der Waals surface area contributed by atoms with Crippen molar-refractivity contribution in [3.8, 4) is 51.2 Å². The van der Waals surface area contributed by atoms with E-state index in [9.17, 15) is 0 Å². The van der Waals surface area contributed by atoms with Gasteiger partial charge >= 0.3 is 0 Å². The van der Waals surface area contributed by atoms with Gasteiger partial charge in [0.25, 0.3) is 0 Å². The molecule has 0 amide bonds. The monoisotopic (exact) mass is 1070 g/mol. The lowest BCUT2D eigenvalue weighted by atomic mass is 10.1. The molecule has 0 spiro atoms. The number of para-hydroxylation sites is 6. The van der Waals surface area contributed by atoms with Crippen molar-refractivity contribution in [1.29, 1.82) is 0 Å². The minimum absolute atomic E-state index is 0.570. The fraction of sp³-hybridized carbons (Fsp3) is 0. The lowest BCUT2D eigenvalue weighted by Crippen LogP contribution is -2.01. The molecule has 12 aromatic carbocycles. The second-order valence-electron chi connectivity index (χ2n) is 21.8. The lowest BCUT2D eigenvalue weighted by Gasteiger charge is -2.12. The van der Waals surface area contributed by atoms with Crippen molar-refractivity contribution in [3.63, 3.8) is 0 Å². The van der Waals surface area contributed by atoms with Gasteiger partial charge in [-0.25, -0.2) is 15.0 Å². The molecule has 19 aromatic rings. The zero-order chi connectivity index (χ0) is 54.7. The number of nitrogens with zero attached hydrogens (tertiary/aromatic N) is 6. The van der Waals surface area contributed by atoms with Crippen molar-refractivity contribution in [2.45, 2.75) is 0 Å². The molecule has 0 fully saturated rings. The molecule has 7 heterocycles. The molecule has 0 bridgehead atoms. The first-order chi connectivity index (χ1) is 41.6. The van der Waals surface area contributed by atoms with E-state index in [2.05, 4.69) is 232 Å². The van der Waals surface area contributed by atoms with Gasteiger partial charge in [-0.1, -0.05) is 109 Å². The fourth-order valence-corrected chi connectivity index (χ4v) is 13.7. The van der Waals surface area contributed by atoms with Crippen molar-refractivity contribution in [1.82, 2.24) is 28.7 Å². The maximum absolute atomic E-state index is 6.39. The van der Waals surface area contributed by atoms with Crippen molar-refractivity contribution in [3.05, 3.63) is 255 Å². The molecule has 0 saturated carbocycles. The third-order valence-electron chi connectivity index (χ3n) is 17.3. The molecule has 0 aliphatic carbocycles. The fourth-order valence-electron chi connectivity index (χ4n) is 13.7. The molecule has 0 unspecified atom stereocenters. The SMILES string of the molecule is c1ccc2c(c1)oc1ccc3c(c4ccccc4n3-c3ccc(-c4nc(-c5ccc(-n6c7ccccc7c7c8c(ccc76)oc6ccccc68)cc5)nc(-c5ccc(-n6c7ccccc7c7c8c(ccc76)oc6ccccc68)cc5)n4)cc3)c12. The zero-order valence-electron chi connectivity index (χ0n) is 44.7. The van der Waals surface area contributed by atoms with Crippen molar-refractivity contribution >= 4 is 131 Å². The van der Waals surface area contributed by atoms with Gasteiger partial charge in [0, 0.05) is 98.4 Å². The summed E-state index contributed by atoms with van der Waals surface area (Å²) in [5.74, 6) is 1.71. The number of furan rings is 3. The maximum atomic E-state index is 6.39. The third kappa shape index (κ3) is 6.34. The van der Waals surface area contributed by atoms with E-state index in [4.69, 9.17) is 28.2 Å². The number of aromatic nitrogens is 6. The van der Waals surface area contributed by atoms with Crippen molar-refractivity contribution in [2.75, 3.05) is 0 Å². The standard InChI is InChI=1S/C75H42N6O3/c1-7-19-55-49(13-1)67-58(37-40-64-70(67)52-16-4-10-22-61(52)82-64)79(55)46-31-25-43(26-32-46)73-76-74(44-27-33-47(34-28-44)80-56-20-8-2-14-50(56)68-59(80)38-41-65-71(68)53-17-5-11-23-62(53)83-65)78-75(77-73)45-29-35-48(36-30-45)81-57-21-9-3-15-51(57)69-60(81)39-42-66-72(69)54-18-6-12-24-63(54)84-66/h1-42H. The minimum atomic E-state index is 0.570. The topological polar surface area (TPSA) is 92.9 Å². The Bertz CT molecular complexity index is 5380. The lowest BCUT2D eigenvalue weighted by molar-refractivity contribution is 0.669. The van der Waals surface area contributed by atoms with Crippen LogP contribution >= 0.6 is 0 Å². The van der Waals surface area contributed by atoms with Gasteiger partial charge in [0.1, 0.15) is 33.5 Å². The molecule has 9 nitrogen and oxygen atoms in total. The number of fused-ring (bicyclic) bond motifs is 21. The molecule has 390 valence electrons. The highest BCUT2D eigenvalue weighted by Gasteiger charge is 2.23. The summed E-state index contributed by atoms with van der Waals surface area (Å²) in [5, 5.41) is 13.7. The van der Waals surface area contributed by atoms with Crippen molar-refractivity contribution in [2.24, 2.45) is 0 Å². The second-order valence-corrected chi connectivity index (χ2v) is 21.8. The number of hydrogen-bond acceptors (Lipinski definition) is 6. The van der Waals surface area contributed by atoms with Crippen LogP contribution in [0.5, 0.6) is 0 Å². The highest BCUT2D eigenvalue weighted by atomic mass is 16.3. The number of hydrogen-bond donors (Lipinski definition) is 0. The molecule has 9 heteroatoms. The molecule has 0 radical (unpaired) electrons. The quantitative estimate of drug-likeness (QED) is 0.165. The van der Waals surface area contributed by atoms with E-state index in [1.165, 1.54) is 32.3 Å². The average molecular weight is 1080 g/mol. The van der Waals surface area contributed by atoms with Crippen LogP contribution in [0, 0.1) is 0 Å². The molecule has 84 heavy (non-hydrogen) atoms. The van der Waals surface area contributed by atoms with Crippen LogP contribution in [0.15, 0.2) is 268 Å². The van der Waals surface area contributed by atoms with Gasteiger partial charge in [0.05, 0.1) is 33.1 Å². The predicted octanol–water partition coefficient (Wildman–Crippen LogP) is 19.9. The predicted molar refractivity (Wildman–Crippen MR) is 341 cm³/mol. The van der Waals surface area contributed by atoms with Crippen LogP contribution in [0.4, 0.5) is 0 Å². The summed E-state index contributed by atoms with van der Waals surface area (Å²) in [7, 11) is 0. The Labute approximate surface area is 476 Å². The van der Waals surface area contributed by atoms with E-state index >= 15 is 0 Å². The first-order valence-electron chi connectivity index (χ1n) is 28.2. The van der Waals surface area contributed by atoms with Gasteiger partial charge in [-0.15, -0.1) is 0 Å². The molecule has 0 atom stereocenters. The third-order valence-corrected chi connectivity index (χ3v) is 17.3. The first-order valence-corrected chi connectivity index (χ1v) is 28.2. The molecule has 0 aliphatic heterocycles. The summed E-state index contributed by atoms with van der Waals surface area (Å²) >= 11 is 0. The Hall–Kier alpha value is -11.6. The summed E-state index contributed by atoms with van der Waals surface area (Å²) in [6.07, 6.45) is 0. The molecule has 0 aliphatic rings. The molecule has 0 N–H and O–H groups in total. The Morgan fingerprint density at radius 1 is 0.202 bits per heavy atom. The van der Waals surface area contributed by atoms with E-state index in [0.29, 0.717) is 17.5 Å². The van der Waals surface area contributed by atoms with Gasteiger partial charge in [-0.05, 0) is 146 Å². The minimum Gasteiger partial charge on any atom is -0.456 e. The maximum Gasteiger partial charge on any atom is 0.164 e. The van der Waals surface area contributed by atoms with Crippen LogP contribution in [0.1, 0.15) is 0 Å². The van der Waals surface area contributed by atoms with E-state index in [1.807, 2.05) is 36.4 Å². The van der Waals surface area contributed by atoms with Gasteiger partial charge in [-0.2, -0.15) is 0 Å². The van der Waals surface area contributed by atoms with Gasteiger partial charge in [0.15, 0.2) is 17.5 Å². The first kappa shape index (κ1) is 45.2. The summed E-state index contributed by atoms with van der Waals surface area (Å²) in [6, 6.07) is 89.4. The normalized spacial score (nSPS) is 12.3.